The molecule has 0 spiro atoms. The molecule has 98 valence electrons. The molecule has 0 saturated carbocycles. The van der Waals surface area contributed by atoms with Gasteiger partial charge in [-0.2, -0.15) is 0 Å². The van der Waals surface area contributed by atoms with Crippen molar-refractivity contribution in [3.8, 4) is 5.88 Å². The van der Waals surface area contributed by atoms with Crippen LogP contribution in [0.4, 0.5) is 10.5 Å². The quantitative estimate of drug-likeness (QED) is 0.681. The summed E-state index contributed by atoms with van der Waals surface area (Å²) in [5, 5.41) is 21.4. The van der Waals surface area contributed by atoms with Crippen molar-refractivity contribution >= 4 is 22.7 Å². The Morgan fingerprint density at radius 1 is 1.37 bits per heavy atom. The van der Waals surface area contributed by atoms with Gasteiger partial charge in [0.05, 0.1) is 16.8 Å². The molecule has 19 heavy (non-hydrogen) atoms. The Morgan fingerprint density at radius 2 is 2.00 bits per heavy atom. The Balaban J connectivity index is 2.65. The first-order chi connectivity index (χ1) is 8.85. The van der Waals surface area contributed by atoms with Crippen LogP contribution >= 0.6 is 0 Å². The number of para-hydroxylation sites is 1. The Kier molecular flexibility index (Phi) is 2.91. The van der Waals surface area contributed by atoms with Gasteiger partial charge in [0.1, 0.15) is 5.60 Å². The summed E-state index contributed by atoms with van der Waals surface area (Å²) in [6.07, 6.45) is -0.788. The molecule has 0 amide bonds. The van der Waals surface area contributed by atoms with Gasteiger partial charge in [0.15, 0.2) is 4.98 Å². The molecule has 2 rings (SSSR count). The van der Waals surface area contributed by atoms with Gasteiger partial charge in [-0.1, -0.05) is 12.1 Å². The van der Waals surface area contributed by atoms with Gasteiger partial charge in [-0.15, -0.1) is 0 Å². The summed E-state index contributed by atoms with van der Waals surface area (Å²) >= 11 is 0. The Bertz CT molecular complexity index is 689. The Morgan fingerprint density at radius 3 is 2.58 bits per heavy atom. The molecule has 0 N–H and O–H groups in total. The van der Waals surface area contributed by atoms with Gasteiger partial charge < -0.3 is 9.84 Å². The lowest BCUT2D eigenvalue weighted by Crippen LogP contribution is -2.27. The largest absolute Gasteiger partial charge is 0.854 e. The van der Waals surface area contributed by atoms with E-state index in [0.29, 0.717) is 10.9 Å². The minimum atomic E-state index is -0.788. The number of benzene rings is 1. The van der Waals surface area contributed by atoms with Crippen LogP contribution in [0.2, 0.25) is 0 Å². The van der Waals surface area contributed by atoms with Crippen LogP contribution in [-0.4, -0.2) is 16.3 Å². The number of aromatic nitrogens is 1. The molecular formula is C13H13N3O3. The number of diazo groups is 1. The molecule has 1 heterocycles. The molecule has 0 bridgehead atoms. The van der Waals surface area contributed by atoms with E-state index in [2.05, 4.69) is 4.98 Å². The minimum Gasteiger partial charge on any atom is -0.854 e. The monoisotopic (exact) mass is 259 g/mol. The van der Waals surface area contributed by atoms with Gasteiger partial charge in [-0.3, -0.25) is 4.57 Å². The second-order valence-corrected chi connectivity index (χ2v) is 5.09. The summed E-state index contributed by atoms with van der Waals surface area (Å²) in [5.41, 5.74) is -0.526. The van der Waals surface area contributed by atoms with Crippen molar-refractivity contribution in [3.05, 3.63) is 29.2 Å². The number of rotatable bonds is 0. The fraction of sp³-hybridized carbons (Fsp3) is 0.308. The third-order valence-corrected chi connectivity index (χ3v) is 2.48. The SMILES string of the molecule is CC(C)(C)OC(=O)n1c([O-])c([N+]#N)c2ccccc21. The molecule has 1 aromatic carbocycles. The maximum absolute atomic E-state index is 12.1. The van der Waals surface area contributed by atoms with Crippen LogP contribution in [0.25, 0.3) is 15.9 Å². The molecule has 0 aliphatic carbocycles. The van der Waals surface area contributed by atoms with E-state index in [1.807, 2.05) is 0 Å². The zero-order chi connectivity index (χ0) is 14.2. The lowest BCUT2D eigenvalue weighted by Gasteiger charge is -2.21. The van der Waals surface area contributed by atoms with Gasteiger partial charge in [0, 0.05) is 0 Å². The zero-order valence-electron chi connectivity index (χ0n) is 10.9. The normalized spacial score (nSPS) is 11.3. The lowest BCUT2D eigenvalue weighted by molar-refractivity contribution is -0.275. The topological polar surface area (TPSA) is 82.4 Å². The first-order valence-electron chi connectivity index (χ1n) is 5.74. The van der Waals surface area contributed by atoms with Gasteiger partial charge in [-0.25, -0.2) is 4.79 Å². The second kappa shape index (κ2) is 4.28. The Labute approximate surface area is 109 Å². The minimum absolute atomic E-state index is 0.165. The highest BCUT2D eigenvalue weighted by molar-refractivity contribution is 6.02. The molecule has 0 fully saturated rings. The molecule has 1 aromatic heterocycles. The predicted molar refractivity (Wildman–Crippen MR) is 67.8 cm³/mol. The molecule has 6 heteroatoms. The summed E-state index contributed by atoms with van der Waals surface area (Å²) < 4.78 is 6.04. The van der Waals surface area contributed by atoms with Crippen LogP contribution in [0.15, 0.2) is 24.3 Å². The molecular weight excluding hydrogens is 246 g/mol. The highest BCUT2D eigenvalue weighted by Crippen LogP contribution is 2.37. The van der Waals surface area contributed by atoms with Crippen molar-refractivity contribution < 1.29 is 14.6 Å². The number of carbonyl (C=O) groups excluding carboxylic acids is 1. The first-order valence-corrected chi connectivity index (χ1v) is 5.74. The first kappa shape index (κ1) is 12.9. The number of nitrogens with zero attached hydrogens (tertiary/aromatic N) is 3. The van der Waals surface area contributed by atoms with Crippen molar-refractivity contribution in [2.45, 2.75) is 26.4 Å². The van der Waals surface area contributed by atoms with E-state index in [1.54, 1.807) is 45.0 Å². The van der Waals surface area contributed by atoms with E-state index in [0.717, 1.165) is 4.57 Å². The summed E-state index contributed by atoms with van der Waals surface area (Å²) in [6.45, 7) is 5.12. The van der Waals surface area contributed by atoms with E-state index < -0.39 is 17.6 Å². The molecule has 2 aromatic rings. The molecule has 0 aliphatic rings. The zero-order valence-corrected chi connectivity index (χ0v) is 10.9. The predicted octanol–water partition coefficient (Wildman–Crippen LogP) is 2.98. The molecule has 0 radical (unpaired) electrons. The van der Waals surface area contributed by atoms with E-state index in [-0.39, 0.29) is 5.69 Å². The fourth-order valence-corrected chi connectivity index (χ4v) is 1.78. The van der Waals surface area contributed by atoms with Crippen molar-refractivity contribution in [2.75, 3.05) is 0 Å². The average Bonchev–Trinajstić information content (AvgIpc) is 2.58. The second-order valence-electron chi connectivity index (χ2n) is 5.09. The van der Waals surface area contributed by atoms with Crippen LogP contribution in [0.3, 0.4) is 0 Å². The van der Waals surface area contributed by atoms with E-state index in [4.69, 9.17) is 10.1 Å². The van der Waals surface area contributed by atoms with E-state index in [1.165, 1.54) is 0 Å². The van der Waals surface area contributed by atoms with Crippen molar-refractivity contribution in [2.24, 2.45) is 0 Å². The number of ether oxygens (including phenoxy) is 1. The third-order valence-electron chi connectivity index (χ3n) is 2.48. The summed E-state index contributed by atoms with van der Waals surface area (Å²) in [7, 11) is 0. The maximum atomic E-state index is 12.1. The van der Waals surface area contributed by atoms with E-state index in [9.17, 15) is 9.90 Å². The summed E-state index contributed by atoms with van der Waals surface area (Å²) in [6, 6.07) is 6.57. The lowest BCUT2D eigenvalue weighted by atomic mass is 10.2. The fourth-order valence-electron chi connectivity index (χ4n) is 1.78. The van der Waals surface area contributed by atoms with Gasteiger partial charge in [0.2, 0.25) is 5.39 Å². The van der Waals surface area contributed by atoms with Gasteiger partial charge >= 0.3 is 11.8 Å². The molecule has 0 aliphatic heterocycles. The molecule has 0 saturated heterocycles. The van der Waals surface area contributed by atoms with Gasteiger partial charge in [0.25, 0.3) is 0 Å². The number of hydrogen-bond donors (Lipinski definition) is 0. The summed E-state index contributed by atoms with van der Waals surface area (Å²) in [5.74, 6) is -0.696. The highest BCUT2D eigenvalue weighted by atomic mass is 16.6. The van der Waals surface area contributed by atoms with Crippen molar-refractivity contribution in [1.82, 2.24) is 4.57 Å². The number of hydrogen-bond acceptors (Lipinski definition) is 4. The highest BCUT2D eigenvalue weighted by Gasteiger charge is 2.26. The van der Waals surface area contributed by atoms with Crippen LogP contribution in [0, 0.1) is 5.39 Å². The standard InChI is InChI=1S/C13H13N3O3/c1-13(2,3)19-12(18)16-9-7-5-4-6-8(9)10(15-14)11(16)17/h4-7H,1-3H3. The van der Waals surface area contributed by atoms with E-state index >= 15 is 0 Å². The Hall–Kier alpha value is -2.55. The number of carbonyl (C=O) groups is 1. The molecule has 0 unspecified atom stereocenters. The maximum Gasteiger partial charge on any atom is 0.418 e. The molecule has 0 atom stereocenters. The smallest absolute Gasteiger partial charge is 0.418 e. The van der Waals surface area contributed by atoms with Crippen LogP contribution in [0.1, 0.15) is 20.8 Å². The van der Waals surface area contributed by atoms with Gasteiger partial charge in [-0.05, 0) is 32.9 Å². The van der Waals surface area contributed by atoms with Crippen molar-refractivity contribution in [3.63, 3.8) is 0 Å². The van der Waals surface area contributed by atoms with Crippen molar-refractivity contribution in [1.29, 1.82) is 5.39 Å². The average molecular weight is 259 g/mol. The third kappa shape index (κ3) is 2.22. The molecule has 6 nitrogen and oxygen atoms in total. The van der Waals surface area contributed by atoms with Crippen LogP contribution in [0.5, 0.6) is 5.88 Å². The van der Waals surface area contributed by atoms with Crippen LogP contribution < -0.4 is 5.11 Å². The van der Waals surface area contributed by atoms with Crippen LogP contribution in [-0.2, 0) is 4.74 Å². The number of fused-ring (bicyclic) bond motifs is 1. The summed E-state index contributed by atoms with van der Waals surface area (Å²) in [4.78, 5) is 15.0.